The van der Waals surface area contributed by atoms with E-state index in [4.69, 9.17) is 5.73 Å². The number of aryl methyl sites for hydroxylation is 1. The van der Waals surface area contributed by atoms with E-state index in [1.54, 1.807) is 23.1 Å². The minimum atomic E-state index is -0.325. The molecule has 0 fully saturated rings. The average Bonchev–Trinajstić information content (AvgIpc) is 2.73. The second kappa shape index (κ2) is 5.72. The third-order valence-corrected chi connectivity index (χ3v) is 3.45. The van der Waals surface area contributed by atoms with Crippen LogP contribution in [0.4, 0.5) is 5.95 Å². The molecule has 2 aromatic rings. The van der Waals surface area contributed by atoms with Crippen molar-refractivity contribution in [2.45, 2.75) is 33.4 Å². The zero-order valence-electron chi connectivity index (χ0n) is 12.9. The van der Waals surface area contributed by atoms with Crippen molar-refractivity contribution in [2.24, 2.45) is 12.8 Å². The van der Waals surface area contributed by atoms with E-state index >= 15 is 0 Å². The van der Waals surface area contributed by atoms with E-state index in [-0.39, 0.29) is 17.3 Å². The Morgan fingerprint density at radius 1 is 1.33 bits per heavy atom. The molecule has 2 aromatic heterocycles. The summed E-state index contributed by atoms with van der Waals surface area (Å²) in [6.45, 7) is 6.91. The number of aromatic nitrogens is 4. The molecule has 8 heteroatoms. The maximum Gasteiger partial charge on any atom is 0.332 e. The van der Waals surface area contributed by atoms with Gasteiger partial charge in [-0.15, -0.1) is 0 Å². The van der Waals surface area contributed by atoms with E-state index in [2.05, 4.69) is 10.3 Å². The van der Waals surface area contributed by atoms with Crippen molar-refractivity contribution < 1.29 is 0 Å². The second-order valence-electron chi connectivity index (χ2n) is 5.18. The van der Waals surface area contributed by atoms with Crippen molar-refractivity contribution in [2.75, 3.05) is 18.4 Å². The number of nitrogens with two attached hydrogens (primary N) is 1. The fourth-order valence-corrected chi connectivity index (χ4v) is 2.41. The van der Waals surface area contributed by atoms with Crippen LogP contribution in [-0.4, -0.2) is 31.8 Å². The van der Waals surface area contributed by atoms with Gasteiger partial charge in [-0.3, -0.25) is 13.9 Å². The van der Waals surface area contributed by atoms with Crippen LogP contribution in [-0.2, 0) is 13.6 Å². The summed E-state index contributed by atoms with van der Waals surface area (Å²) < 4.78 is 4.46. The molecule has 0 amide bonds. The molecule has 0 atom stereocenters. The lowest BCUT2D eigenvalue weighted by Gasteiger charge is -2.13. The molecule has 0 bridgehead atoms. The molecule has 0 aromatic carbocycles. The Bertz CT molecular complexity index is 768. The number of hydrogen-bond acceptors (Lipinski definition) is 5. The van der Waals surface area contributed by atoms with Gasteiger partial charge in [0.15, 0.2) is 11.2 Å². The first-order valence-electron chi connectivity index (χ1n) is 7.09. The maximum absolute atomic E-state index is 12.5. The monoisotopic (exact) mass is 294 g/mol. The van der Waals surface area contributed by atoms with Crippen molar-refractivity contribution in [3.8, 4) is 0 Å². The van der Waals surface area contributed by atoms with Crippen LogP contribution < -0.4 is 22.3 Å². The highest BCUT2D eigenvalue weighted by Crippen LogP contribution is 2.16. The number of rotatable bonds is 5. The normalized spacial score (nSPS) is 11.5. The average molecular weight is 294 g/mol. The Hall–Kier alpha value is -2.09. The highest BCUT2D eigenvalue weighted by molar-refractivity contribution is 5.74. The van der Waals surface area contributed by atoms with Gasteiger partial charge in [0.1, 0.15) is 0 Å². The fourth-order valence-electron chi connectivity index (χ4n) is 2.41. The van der Waals surface area contributed by atoms with Gasteiger partial charge in [-0.1, -0.05) is 0 Å². The quantitative estimate of drug-likeness (QED) is 0.800. The Kier molecular flexibility index (Phi) is 4.17. The fraction of sp³-hybridized carbons (Fsp3) is 0.615. The molecule has 0 unspecified atom stereocenters. The van der Waals surface area contributed by atoms with Crippen LogP contribution in [0.1, 0.15) is 26.8 Å². The molecule has 0 aliphatic heterocycles. The number of anilines is 1. The minimum Gasteiger partial charge on any atom is -0.354 e. The molecule has 0 saturated heterocycles. The Morgan fingerprint density at radius 2 is 2.00 bits per heavy atom. The third kappa shape index (κ3) is 2.35. The van der Waals surface area contributed by atoms with E-state index in [1.807, 2.05) is 13.8 Å². The summed E-state index contributed by atoms with van der Waals surface area (Å²) in [5.74, 6) is 0.537. The number of hydrogen-bond donors (Lipinski definition) is 2. The molecule has 0 aliphatic carbocycles. The van der Waals surface area contributed by atoms with Gasteiger partial charge in [-0.2, -0.15) is 4.98 Å². The third-order valence-electron chi connectivity index (χ3n) is 3.45. The van der Waals surface area contributed by atoms with Crippen LogP contribution in [0.25, 0.3) is 11.2 Å². The summed E-state index contributed by atoms with van der Waals surface area (Å²) in [5, 5.41) is 3.07. The molecule has 0 saturated carbocycles. The number of nitrogens with zero attached hydrogens (tertiary/aromatic N) is 4. The van der Waals surface area contributed by atoms with Gasteiger partial charge in [0.05, 0.1) is 0 Å². The van der Waals surface area contributed by atoms with Crippen LogP contribution in [0.2, 0.25) is 0 Å². The summed E-state index contributed by atoms with van der Waals surface area (Å²) in [6, 6.07) is -0.0874. The summed E-state index contributed by atoms with van der Waals surface area (Å²) in [7, 11) is 1.75. The van der Waals surface area contributed by atoms with Gasteiger partial charge in [0.25, 0.3) is 5.56 Å². The van der Waals surface area contributed by atoms with Crippen molar-refractivity contribution in [3.63, 3.8) is 0 Å². The Labute approximate surface area is 122 Å². The van der Waals surface area contributed by atoms with Crippen molar-refractivity contribution >= 4 is 17.1 Å². The molecule has 0 radical (unpaired) electrons. The molecule has 8 nitrogen and oxygen atoms in total. The first kappa shape index (κ1) is 15.3. The molecule has 2 rings (SSSR count). The topological polar surface area (TPSA) is 99.9 Å². The standard InChI is InChI=1S/C13H22N6O2/c1-5-18-11(20)9-10(19(8(2)3)13(18)21)16-12(17(9)4)15-7-6-14/h8H,5-7,14H2,1-4H3,(H,15,16). The Morgan fingerprint density at radius 3 is 2.52 bits per heavy atom. The predicted octanol–water partition coefficient (Wildman–Crippen LogP) is -0.132. The first-order chi connectivity index (χ1) is 9.93. The van der Waals surface area contributed by atoms with E-state index in [1.165, 1.54) is 4.57 Å². The number of imidazole rings is 1. The number of nitrogens with one attached hydrogen (secondary N) is 1. The van der Waals surface area contributed by atoms with Gasteiger partial charge in [-0.25, -0.2) is 4.79 Å². The first-order valence-corrected chi connectivity index (χ1v) is 7.09. The lowest BCUT2D eigenvalue weighted by molar-refractivity contribution is 0.533. The maximum atomic E-state index is 12.5. The smallest absolute Gasteiger partial charge is 0.332 e. The molecule has 0 spiro atoms. The number of fused-ring (bicyclic) bond motifs is 1. The molecule has 21 heavy (non-hydrogen) atoms. The molecule has 116 valence electrons. The SMILES string of the molecule is CCn1c(=O)c2c(nc(NCCN)n2C)n(C(C)C)c1=O. The zero-order chi connectivity index (χ0) is 15.7. The van der Waals surface area contributed by atoms with Crippen molar-refractivity contribution in [1.82, 2.24) is 18.7 Å². The second-order valence-corrected chi connectivity index (χ2v) is 5.18. The van der Waals surface area contributed by atoms with Gasteiger partial charge < -0.3 is 15.6 Å². The van der Waals surface area contributed by atoms with E-state index < -0.39 is 0 Å². The molecule has 3 N–H and O–H groups in total. The summed E-state index contributed by atoms with van der Waals surface area (Å²) in [6.07, 6.45) is 0. The molecular weight excluding hydrogens is 272 g/mol. The lowest BCUT2D eigenvalue weighted by atomic mass is 10.3. The van der Waals surface area contributed by atoms with Crippen molar-refractivity contribution in [1.29, 1.82) is 0 Å². The van der Waals surface area contributed by atoms with Crippen LogP contribution in [0.3, 0.4) is 0 Å². The Balaban J connectivity index is 2.88. The largest absolute Gasteiger partial charge is 0.354 e. The van der Waals surface area contributed by atoms with Crippen LogP contribution >= 0.6 is 0 Å². The van der Waals surface area contributed by atoms with Crippen LogP contribution in [0, 0.1) is 0 Å². The predicted molar refractivity (Wildman–Crippen MR) is 82.8 cm³/mol. The van der Waals surface area contributed by atoms with E-state index in [9.17, 15) is 9.59 Å². The van der Waals surface area contributed by atoms with E-state index in [0.29, 0.717) is 36.7 Å². The lowest BCUT2D eigenvalue weighted by Crippen LogP contribution is -2.40. The van der Waals surface area contributed by atoms with Crippen LogP contribution in [0.5, 0.6) is 0 Å². The highest BCUT2D eigenvalue weighted by Gasteiger charge is 2.20. The molecular formula is C13H22N6O2. The van der Waals surface area contributed by atoms with Gasteiger partial charge in [0.2, 0.25) is 5.95 Å². The zero-order valence-corrected chi connectivity index (χ0v) is 12.9. The van der Waals surface area contributed by atoms with Gasteiger partial charge in [0, 0.05) is 32.7 Å². The summed E-state index contributed by atoms with van der Waals surface area (Å²) in [5.41, 5.74) is 5.67. The molecule has 2 heterocycles. The highest BCUT2D eigenvalue weighted by atomic mass is 16.2. The van der Waals surface area contributed by atoms with E-state index in [0.717, 1.165) is 0 Å². The van der Waals surface area contributed by atoms with Crippen molar-refractivity contribution in [3.05, 3.63) is 20.8 Å². The molecule has 0 aliphatic rings. The van der Waals surface area contributed by atoms with Gasteiger partial charge >= 0.3 is 5.69 Å². The van der Waals surface area contributed by atoms with Crippen LogP contribution in [0.15, 0.2) is 9.59 Å². The van der Waals surface area contributed by atoms with Gasteiger partial charge in [-0.05, 0) is 20.8 Å². The minimum absolute atomic E-state index is 0.0874. The summed E-state index contributed by atoms with van der Waals surface area (Å²) in [4.78, 5) is 29.4. The summed E-state index contributed by atoms with van der Waals surface area (Å²) >= 11 is 0.